The molecule has 0 spiro atoms. The van der Waals surface area contributed by atoms with E-state index < -0.39 is 0 Å². The van der Waals surface area contributed by atoms with Crippen molar-refractivity contribution >= 4 is 0 Å². The van der Waals surface area contributed by atoms with Gasteiger partial charge in [-0.05, 0) is 28.1 Å². The molecule has 1 fully saturated rings. The van der Waals surface area contributed by atoms with Gasteiger partial charge in [0.25, 0.3) is 0 Å². The van der Waals surface area contributed by atoms with E-state index in [-0.39, 0.29) is 0 Å². The Hall–Kier alpha value is -0.120. The van der Waals surface area contributed by atoms with Crippen molar-refractivity contribution in [3.05, 3.63) is 0 Å². The maximum absolute atomic E-state index is 2.58. The molecule has 0 saturated carbocycles. The van der Waals surface area contributed by atoms with Gasteiger partial charge in [0, 0.05) is 38.8 Å². The van der Waals surface area contributed by atoms with Crippen LogP contribution < -0.4 is 0 Å². The molecule has 3 heteroatoms. The fourth-order valence-electron chi connectivity index (χ4n) is 1.91. The van der Waals surface area contributed by atoms with Gasteiger partial charge in [0.1, 0.15) is 0 Å². The van der Waals surface area contributed by atoms with E-state index in [0.717, 1.165) is 0 Å². The van der Waals surface area contributed by atoms with E-state index in [1.54, 1.807) is 0 Å². The van der Waals surface area contributed by atoms with E-state index >= 15 is 0 Å². The second kappa shape index (κ2) is 4.94. The molecule has 0 N–H and O–H groups in total. The largest absolute Gasteiger partial charge is 0.308 e. The summed E-state index contributed by atoms with van der Waals surface area (Å²) >= 11 is 0. The topological polar surface area (TPSA) is 9.72 Å². The van der Waals surface area contributed by atoms with Crippen LogP contribution >= 0.6 is 0 Å². The molecule has 78 valence electrons. The molecule has 0 amide bonds. The maximum atomic E-state index is 2.58. The smallest absolute Gasteiger partial charge is 0.0195 e. The van der Waals surface area contributed by atoms with Crippen LogP contribution in [-0.2, 0) is 0 Å². The molecule has 1 unspecified atom stereocenters. The van der Waals surface area contributed by atoms with Gasteiger partial charge in [-0.2, -0.15) is 0 Å². The summed E-state index contributed by atoms with van der Waals surface area (Å²) in [5.41, 5.74) is 0. The summed E-state index contributed by atoms with van der Waals surface area (Å²) < 4.78 is 0. The minimum absolute atomic E-state index is 0.698. The highest BCUT2D eigenvalue weighted by Gasteiger charge is 2.18. The summed E-state index contributed by atoms with van der Waals surface area (Å²) in [5.74, 6) is 0. The minimum atomic E-state index is 0.698. The van der Waals surface area contributed by atoms with E-state index in [9.17, 15) is 0 Å². The van der Waals surface area contributed by atoms with Gasteiger partial charge in [0.2, 0.25) is 0 Å². The van der Waals surface area contributed by atoms with Crippen LogP contribution in [0, 0.1) is 0 Å². The second-order valence-corrected chi connectivity index (χ2v) is 4.45. The first-order chi connectivity index (χ1) is 6.09. The van der Waals surface area contributed by atoms with Gasteiger partial charge in [-0.15, -0.1) is 0 Å². The Balaban J connectivity index is 2.27. The first kappa shape index (κ1) is 11.0. The minimum Gasteiger partial charge on any atom is -0.308 e. The van der Waals surface area contributed by atoms with Crippen LogP contribution in [0.2, 0.25) is 0 Å². The van der Waals surface area contributed by atoms with Crippen molar-refractivity contribution in [2.45, 2.75) is 13.0 Å². The van der Waals surface area contributed by atoms with Crippen LogP contribution in [0.25, 0.3) is 0 Å². The highest BCUT2D eigenvalue weighted by atomic mass is 15.3. The number of rotatable bonds is 3. The third-order valence-corrected chi connectivity index (χ3v) is 2.79. The molecule has 0 aromatic rings. The fourth-order valence-corrected chi connectivity index (χ4v) is 1.91. The number of hydrogen-bond acceptors (Lipinski definition) is 3. The highest BCUT2D eigenvalue weighted by molar-refractivity contribution is 4.75. The highest BCUT2D eigenvalue weighted by Crippen LogP contribution is 2.05. The van der Waals surface area contributed by atoms with Gasteiger partial charge in [0.05, 0.1) is 0 Å². The van der Waals surface area contributed by atoms with Gasteiger partial charge in [-0.1, -0.05) is 0 Å². The molecule has 1 saturated heterocycles. The predicted molar refractivity (Wildman–Crippen MR) is 57.1 cm³/mol. The lowest BCUT2D eigenvalue weighted by Gasteiger charge is -2.37. The Kier molecular flexibility index (Phi) is 4.16. The lowest BCUT2D eigenvalue weighted by molar-refractivity contribution is 0.104. The molecule has 13 heavy (non-hydrogen) atoms. The van der Waals surface area contributed by atoms with E-state index in [2.05, 4.69) is 42.8 Å². The first-order valence-corrected chi connectivity index (χ1v) is 5.17. The summed E-state index contributed by atoms with van der Waals surface area (Å²) in [6.07, 6.45) is 0. The third kappa shape index (κ3) is 3.63. The zero-order chi connectivity index (χ0) is 9.84. The van der Waals surface area contributed by atoms with Gasteiger partial charge >= 0.3 is 0 Å². The molecular weight excluding hydrogens is 162 g/mol. The Morgan fingerprint density at radius 1 is 1.15 bits per heavy atom. The average Bonchev–Trinajstić information content (AvgIpc) is 2.04. The zero-order valence-electron chi connectivity index (χ0n) is 9.45. The van der Waals surface area contributed by atoms with Crippen LogP contribution in [0.1, 0.15) is 6.92 Å². The molecule has 1 aliphatic rings. The number of nitrogens with zero attached hydrogens (tertiary/aromatic N) is 3. The lowest BCUT2D eigenvalue weighted by atomic mass is 10.2. The van der Waals surface area contributed by atoms with Gasteiger partial charge in [0.15, 0.2) is 0 Å². The average molecular weight is 185 g/mol. The van der Waals surface area contributed by atoms with Crippen molar-refractivity contribution < 1.29 is 0 Å². The number of likely N-dealkylation sites (N-methyl/N-ethyl adjacent to an activating group) is 2. The Morgan fingerprint density at radius 3 is 2.15 bits per heavy atom. The molecular formula is C10H23N3. The van der Waals surface area contributed by atoms with Gasteiger partial charge < -0.3 is 9.80 Å². The normalized spacial score (nSPS) is 23.8. The third-order valence-electron chi connectivity index (χ3n) is 2.79. The van der Waals surface area contributed by atoms with Crippen molar-refractivity contribution in [3.63, 3.8) is 0 Å². The molecule has 0 radical (unpaired) electrons. The molecule has 0 aromatic carbocycles. The summed E-state index contributed by atoms with van der Waals surface area (Å²) in [5, 5.41) is 0. The van der Waals surface area contributed by atoms with Gasteiger partial charge in [-0.3, -0.25) is 4.90 Å². The van der Waals surface area contributed by atoms with E-state index in [0.29, 0.717) is 6.04 Å². The molecule has 0 bridgehead atoms. The van der Waals surface area contributed by atoms with Crippen LogP contribution in [0.3, 0.4) is 0 Å². The van der Waals surface area contributed by atoms with Crippen LogP contribution in [0.4, 0.5) is 0 Å². The second-order valence-electron chi connectivity index (χ2n) is 4.45. The van der Waals surface area contributed by atoms with Gasteiger partial charge in [-0.25, -0.2) is 0 Å². The van der Waals surface area contributed by atoms with E-state index in [4.69, 9.17) is 0 Å². The maximum Gasteiger partial charge on any atom is 0.0195 e. The van der Waals surface area contributed by atoms with E-state index in [1.165, 1.54) is 32.7 Å². The zero-order valence-corrected chi connectivity index (χ0v) is 9.45. The lowest BCUT2D eigenvalue weighted by Crippen LogP contribution is -2.50. The molecule has 0 aromatic heterocycles. The van der Waals surface area contributed by atoms with Crippen LogP contribution in [-0.4, -0.2) is 74.6 Å². The molecule has 1 rings (SSSR count). The summed E-state index contributed by atoms with van der Waals surface area (Å²) in [7, 11) is 6.49. The van der Waals surface area contributed by atoms with Crippen molar-refractivity contribution in [1.82, 2.24) is 14.7 Å². The van der Waals surface area contributed by atoms with Crippen LogP contribution in [0.5, 0.6) is 0 Å². The van der Waals surface area contributed by atoms with Crippen molar-refractivity contribution in [2.75, 3.05) is 53.9 Å². The molecule has 1 aliphatic heterocycles. The van der Waals surface area contributed by atoms with Crippen LogP contribution in [0.15, 0.2) is 0 Å². The Morgan fingerprint density at radius 2 is 1.69 bits per heavy atom. The molecule has 1 heterocycles. The Bertz CT molecular complexity index is 139. The molecule has 3 nitrogen and oxygen atoms in total. The summed E-state index contributed by atoms with van der Waals surface area (Å²) in [6, 6.07) is 0.698. The van der Waals surface area contributed by atoms with Crippen molar-refractivity contribution in [1.29, 1.82) is 0 Å². The predicted octanol–water partition coefficient (Wildman–Crippen LogP) is 0.184. The van der Waals surface area contributed by atoms with Crippen molar-refractivity contribution in [3.8, 4) is 0 Å². The molecule has 0 aliphatic carbocycles. The SMILES string of the molecule is CC(CN(C)C)N1CCN(C)CC1. The monoisotopic (exact) mass is 185 g/mol. The standard InChI is InChI=1S/C10H23N3/c1-10(9-11(2)3)13-7-5-12(4)6-8-13/h10H,5-9H2,1-4H3. The first-order valence-electron chi connectivity index (χ1n) is 5.17. The summed E-state index contributed by atoms with van der Waals surface area (Å²) in [4.78, 5) is 7.25. The number of hydrogen-bond donors (Lipinski definition) is 0. The fraction of sp³-hybridized carbons (Fsp3) is 1.00. The number of piperazine rings is 1. The van der Waals surface area contributed by atoms with E-state index in [1.807, 2.05) is 0 Å². The Labute approximate surface area is 82.3 Å². The quantitative estimate of drug-likeness (QED) is 0.621. The summed E-state index contributed by atoms with van der Waals surface area (Å²) in [6.45, 7) is 8.39. The molecule has 1 atom stereocenters. The van der Waals surface area contributed by atoms with Crippen molar-refractivity contribution in [2.24, 2.45) is 0 Å².